The van der Waals surface area contributed by atoms with Crippen molar-refractivity contribution in [1.82, 2.24) is 9.78 Å². The first-order valence-corrected chi connectivity index (χ1v) is 7.24. The van der Waals surface area contributed by atoms with Crippen molar-refractivity contribution in [3.8, 4) is 11.3 Å². The van der Waals surface area contributed by atoms with Crippen LogP contribution in [0, 0.1) is 0 Å². The largest absolute Gasteiger partial charge is 0.476 e. The van der Waals surface area contributed by atoms with Crippen LogP contribution in [0.1, 0.15) is 36.3 Å². The number of aryl methyl sites for hydroxylation is 2. The fraction of sp³-hybridized carbons (Fsp3) is 0.412. The molecule has 5 heteroatoms. The van der Waals surface area contributed by atoms with Gasteiger partial charge in [0.25, 0.3) is 0 Å². The van der Waals surface area contributed by atoms with Crippen LogP contribution in [0.2, 0.25) is 0 Å². The number of aromatic nitrogens is 2. The van der Waals surface area contributed by atoms with Crippen LogP contribution in [0.5, 0.6) is 0 Å². The van der Waals surface area contributed by atoms with Gasteiger partial charge in [0, 0.05) is 14.2 Å². The normalized spacial score (nSPS) is 11.6. The maximum absolute atomic E-state index is 11.0. The molecule has 118 valence electrons. The standard InChI is InChI=1S/C17H22N2O3/c1-17(2,22-4)10-9-12-5-7-13(8-6-12)15-11-14(16(20)21)18-19(15)3/h5-8,11H,9-10H2,1-4H3,(H,20,21). The summed E-state index contributed by atoms with van der Waals surface area (Å²) >= 11 is 0. The molecule has 1 heterocycles. The third kappa shape index (κ3) is 3.74. The Morgan fingerprint density at radius 1 is 1.32 bits per heavy atom. The van der Waals surface area contributed by atoms with Gasteiger partial charge in [0.15, 0.2) is 5.69 Å². The summed E-state index contributed by atoms with van der Waals surface area (Å²) in [5.74, 6) is -1.01. The molecule has 0 aliphatic carbocycles. The zero-order valence-electron chi connectivity index (χ0n) is 13.5. The summed E-state index contributed by atoms with van der Waals surface area (Å²) in [4.78, 5) is 11.0. The molecule has 1 aromatic heterocycles. The van der Waals surface area contributed by atoms with Crippen LogP contribution in [0.15, 0.2) is 30.3 Å². The zero-order valence-corrected chi connectivity index (χ0v) is 13.5. The van der Waals surface area contributed by atoms with Crippen molar-refractivity contribution in [2.45, 2.75) is 32.3 Å². The van der Waals surface area contributed by atoms with E-state index < -0.39 is 5.97 Å². The van der Waals surface area contributed by atoms with Crippen molar-refractivity contribution in [3.63, 3.8) is 0 Å². The Morgan fingerprint density at radius 3 is 2.45 bits per heavy atom. The van der Waals surface area contributed by atoms with Gasteiger partial charge in [-0.3, -0.25) is 4.68 Å². The molecule has 0 spiro atoms. The molecule has 2 aromatic rings. The zero-order chi connectivity index (χ0) is 16.3. The van der Waals surface area contributed by atoms with E-state index in [9.17, 15) is 4.79 Å². The molecule has 0 saturated carbocycles. The van der Waals surface area contributed by atoms with E-state index in [1.807, 2.05) is 12.1 Å². The number of hydrogen-bond donors (Lipinski definition) is 1. The molecule has 0 unspecified atom stereocenters. The minimum absolute atomic E-state index is 0.0587. The van der Waals surface area contributed by atoms with Crippen LogP contribution in [-0.2, 0) is 18.2 Å². The lowest BCUT2D eigenvalue weighted by atomic mass is 9.97. The Labute approximate surface area is 130 Å². The van der Waals surface area contributed by atoms with Crippen LogP contribution >= 0.6 is 0 Å². The quantitative estimate of drug-likeness (QED) is 0.890. The highest BCUT2D eigenvalue weighted by molar-refractivity contribution is 5.87. The Morgan fingerprint density at radius 2 is 1.95 bits per heavy atom. The maximum atomic E-state index is 11.0. The second-order valence-electron chi connectivity index (χ2n) is 6.00. The Hall–Kier alpha value is -2.14. The van der Waals surface area contributed by atoms with Crippen LogP contribution in [0.25, 0.3) is 11.3 Å². The van der Waals surface area contributed by atoms with Gasteiger partial charge in [0.05, 0.1) is 11.3 Å². The van der Waals surface area contributed by atoms with Gasteiger partial charge in [-0.15, -0.1) is 0 Å². The molecular weight excluding hydrogens is 280 g/mol. The van der Waals surface area contributed by atoms with Gasteiger partial charge < -0.3 is 9.84 Å². The van der Waals surface area contributed by atoms with Crippen LogP contribution in [-0.4, -0.2) is 33.6 Å². The second kappa shape index (κ2) is 6.32. The Bertz CT molecular complexity index is 657. The average Bonchev–Trinajstić information content (AvgIpc) is 2.88. The summed E-state index contributed by atoms with van der Waals surface area (Å²) < 4.78 is 7.02. The molecular formula is C17H22N2O3. The van der Waals surface area contributed by atoms with E-state index >= 15 is 0 Å². The molecule has 0 bridgehead atoms. The predicted molar refractivity (Wildman–Crippen MR) is 85.0 cm³/mol. The molecule has 0 fully saturated rings. The molecule has 0 saturated heterocycles. The molecule has 0 aliphatic heterocycles. The van der Waals surface area contributed by atoms with Gasteiger partial charge in [0.1, 0.15) is 0 Å². The van der Waals surface area contributed by atoms with Gasteiger partial charge in [-0.25, -0.2) is 4.79 Å². The maximum Gasteiger partial charge on any atom is 0.356 e. The highest BCUT2D eigenvalue weighted by Crippen LogP contribution is 2.22. The number of carboxylic acid groups (broad SMARTS) is 1. The fourth-order valence-electron chi connectivity index (χ4n) is 2.23. The van der Waals surface area contributed by atoms with Crippen molar-refractivity contribution in [2.75, 3.05) is 7.11 Å². The van der Waals surface area contributed by atoms with Crippen LogP contribution in [0.3, 0.4) is 0 Å². The van der Waals surface area contributed by atoms with Gasteiger partial charge in [-0.1, -0.05) is 24.3 Å². The lowest BCUT2D eigenvalue weighted by Crippen LogP contribution is -2.22. The number of aromatic carboxylic acids is 1. The number of rotatable bonds is 6. The van der Waals surface area contributed by atoms with E-state index in [1.54, 1.807) is 24.9 Å². The van der Waals surface area contributed by atoms with Crippen LogP contribution in [0.4, 0.5) is 0 Å². The van der Waals surface area contributed by atoms with E-state index in [-0.39, 0.29) is 11.3 Å². The smallest absolute Gasteiger partial charge is 0.356 e. The summed E-state index contributed by atoms with van der Waals surface area (Å²) in [5, 5.41) is 13.0. The first kappa shape index (κ1) is 16.2. The molecule has 0 radical (unpaired) electrons. The van der Waals surface area contributed by atoms with Gasteiger partial charge in [0.2, 0.25) is 0 Å². The fourth-order valence-corrected chi connectivity index (χ4v) is 2.23. The number of methoxy groups -OCH3 is 1. The number of carbonyl (C=O) groups is 1. The van der Waals surface area contributed by atoms with Crippen molar-refractivity contribution >= 4 is 5.97 Å². The highest BCUT2D eigenvalue weighted by atomic mass is 16.5. The molecule has 2 rings (SSSR count). The molecule has 22 heavy (non-hydrogen) atoms. The SMILES string of the molecule is COC(C)(C)CCc1ccc(-c2cc(C(=O)O)nn2C)cc1. The number of carboxylic acids is 1. The van der Waals surface area contributed by atoms with E-state index in [0.29, 0.717) is 0 Å². The summed E-state index contributed by atoms with van der Waals surface area (Å²) in [6.07, 6.45) is 1.88. The first-order chi connectivity index (χ1) is 10.3. The van der Waals surface area contributed by atoms with E-state index in [2.05, 4.69) is 31.1 Å². The third-order valence-electron chi connectivity index (χ3n) is 3.92. The molecule has 0 amide bonds. The number of benzene rings is 1. The average molecular weight is 302 g/mol. The van der Waals surface area contributed by atoms with Gasteiger partial charge in [-0.05, 0) is 43.9 Å². The van der Waals surface area contributed by atoms with Crippen molar-refractivity contribution in [1.29, 1.82) is 0 Å². The molecule has 5 nitrogen and oxygen atoms in total. The third-order valence-corrected chi connectivity index (χ3v) is 3.92. The van der Waals surface area contributed by atoms with Crippen LogP contribution < -0.4 is 0 Å². The van der Waals surface area contributed by atoms with E-state index in [0.717, 1.165) is 24.1 Å². The summed E-state index contributed by atoms with van der Waals surface area (Å²) in [5.41, 5.74) is 2.91. The number of hydrogen-bond acceptors (Lipinski definition) is 3. The minimum atomic E-state index is -1.01. The Balaban J connectivity index is 2.14. The second-order valence-corrected chi connectivity index (χ2v) is 6.00. The lowest BCUT2D eigenvalue weighted by Gasteiger charge is -2.22. The summed E-state index contributed by atoms with van der Waals surface area (Å²) in [6, 6.07) is 9.71. The van der Waals surface area contributed by atoms with Gasteiger partial charge in [-0.2, -0.15) is 5.10 Å². The topological polar surface area (TPSA) is 64.3 Å². The van der Waals surface area contributed by atoms with Crippen molar-refractivity contribution in [2.24, 2.45) is 7.05 Å². The highest BCUT2D eigenvalue weighted by Gasteiger charge is 2.16. The van der Waals surface area contributed by atoms with E-state index in [4.69, 9.17) is 9.84 Å². The monoisotopic (exact) mass is 302 g/mol. The molecule has 1 N–H and O–H groups in total. The Kier molecular flexibility index (Phi) is 4.66. The minimum Gasteiger partial charge on any atom is -0.476 e. The molecule has 1 aromatic carbocycles. The van der Waals surface area contributed by atoms with Gasteiger partial charge >= 0.3 is 5.97 Å². The predicted octanol–water partition coefficient (Wildman–Crippen LogP) is 3.14. The lowest BCUT2D eigenvalue weighted by molar-refractivity contribution is 0.0158. The molecule has 0 aliphatic rings. The number of nitrogens with zero attached hydrogens (tertiary/aromatic N) is 2. The first-order valence-electron chi connectivity index (χ1n) is 7.24. The summed E-state index contributed by atoms with van der Waals surface area (Å²) in [7, 11) is 3.47. The van der Waals surface area contributed by atoms with Crippen molar-refractivity contribution < 1.29 is 14.6 Å². The molecule has 0 atom stereocenters. The van der Waals surface area contributed by atoms with E-state index in [1.165, 1.54) is 5.56 Å². The summed E-state index contributed by atoms with van der Waals surface area (Å²) in [6.45, 7) is 4.15. The van der Waals surface area contributed by atoms with Crippen molar-refractivity contribution in [3.05, 3.63) is 41.6 Å². The number of ether oxygens (including phenoxy) is 1.